The molecule has 2 N–H and O–H groups in total. The van der Waals surface area contributed by atoms with Crippen LogP contribution in [0, 0.1) is 0 Å². The Balaban J connectivity index is 1.48. The Morgan fingerprint density at radius 1 is 1.00 bits per heavy atom. The van der Waals surface area contributed by atoms with Crippen LogP contribution < -0.4 is 10.6 Å². The number of nitrogens with zero attached hydrogens (tertiary/aromatic N) is 1. The summed E-state index contributed by atoms with van der Waals surface area (Å²) in [5.41, 5.74) is 4.81. The summed E-state index contributed by atoms with van der Waals surface area (Å²) in [6.45, 7) is 9.24. The van der Waals surface area contributed by atoms with Crippen LogP contribution in [0.5, 0.6) is 0 Å². The quantitative estimate of drug-likeness (QED) is 0.385. The van der Waals surface area contributed by atoms with Crippen LogP contribution >= 0.6 is 0 Å². The van der Waals surface area contributed by atoms with Gasteiger partial charge in [0.2, 0.25) is 0 Å². The van der Waals surface area contributed by atoms with Crippen LogP contribution in [-0.2, 0) is 16.7 Å². The van der Waals surface area contributed by atoms with Crippen molar-refractivity contribution in [2.24, 2.45) is 0 Å². The molecule has 1 amide bonds. The Morgan fingerprint density at radius 2 is 1.73 bits per heavy atom. The van der Waals surface area contributed by atoms with Crippen LogP contribution in [0.25, 0.3) is 0 Å². The zero-order chi connectivity index (χ0) is 26.4. The highest BCUT2D eigenvalue weighted by atomic mass is 16.5. The summed E-state index contributed by atoms with van der Waals surface area (Å²) < 4.78 is 5.02. The number of rotatable bonds is 7. The molecule has 0 spiro atoms. The van der Waals surface area contributed by atoms with Gasteiger partial charge in [-0.2, -0.15) is 0 Å². The Labute approximate surface area is 220 Å². The van der Waals surface area contributed by atoms with Gasteiger partial charge in [-0.3, -0.25) is 9.69 Å². The molecule has 194 valence electrons. The fourth-order valence-corrected chi connectivity index (χ4v) is 4.73. The molecule has 0 saturated carbocycles. The van der Waals surface area contributed by atoms with Crippen molar-refractivity contribution >= 4 is 23.3 Å². The number of benzene rings is 3. The van der Waals surface area contributed by atoms with E-state index in [0.717, 1.165) is 32.5 Å². The Morgan fingerprint density at radius 3 is 2.41 bits per heavy atom. The number of amides is 1. The first-order chi connectivity index (χ1) is 17.7. The van der Waals surface area contributed by atoms with E-state index in [9.17, 15) is 9.59 Å². The topological polar surface area (TPSA) is 70.7 Å². The maximum Gasteiger partial charge on any atom is 0.339 e. The second-order valence-electron chi connectivity index (χ2n) is 10.7. The van der Waals surface area contributed by atoms with Crippen molar-refractivity contribution in [3.63, 3.8) is 0 Å². The summed E-state index contributed by atoms with van der Waals surface area (Å²) in [6, 6.07) is 23.6. The van der Waals surface area contributed by atoms with Gasteiger partial charge in [-0.15, -0.1) is 0 Å². The van der Waals surface area contributed by atoms with E-state index in [-0.39, 0.29) is 17.4 Å². The van der Waals surface area contributed by atoms with Crippen LogP contribution in [0.4, 0.5) is 11.4 Å². The average Bonchev–Trinajstić information content (AvgIpc) is 2.89. The number of carbonyl (C=O) groups excluding carboxylic acids is 2. The second-order valence-corrected chi connectivity index (χ2v) is 10.7. The molecule has 1 fully saturated rings. The summed E-state index contributed by atoms with van der Waals surface area (Å²) in [4.78, 5) is 27.9. The molecule has 3 aromatic carbocycles. The summed E-state index contributed by atoms with van der Waals surface area (Å²) in [5.74, 6) is -0.598. The first kappa shape index (κ1) is 26.4. The lowest BCUT2D eigenvalue weighted by Gasteiger charge is -2.34. The highest BCUT2D eigenvalue weighted by Crippen LogP contribution is 2.26. The van der Waals surface area contributed by atoms with Crippen LogP contribution in [0.3, 0.4) is 0 Å². The van der Waals surface area contributed by atoms with Crippen molar-refractivity contribution < 1.29 is 14.3 Å². The van der Waals surface area contributed by atoms with Gasteiger partial charge in [0.25, 0.3) is 5.91 Å². The number of likely N-dealkylation sites (tertiary alicyclic amines) is 1. The maximum absolute atomic E-state index is 12.9. The number of piperidine rings is 1. The lowest BCUT2D eigenvalue weighted by molar-refractivity contribution is 0.0601. The lowest BCUT2D eigenvalue weighted by Crippen LogP contribution is -2.41. The van der Waals surface area contributed by atoms with Gasteiger partial charge >= 0.3 is 5.97 Å². The largest absolute Gasteiger partial charge is 0.465 e. The molecule has 1 heterocycles. The Bertz CT molecular complexity index is 1220. The summed E-state index contributed by atoms with van der Waals surface area (Å²) in [6.07, 6.45) is 2.07. The second kappa shape index (κ2) is 11.6. The van der Waals surface area contributed by atoms with Gasteiger partial charge in [-0.1, -0.05) is 63.2 Å². The minimum Gasteiger partial charge on any atom is -0.465 e. The third kappa shape index (κ3) is 6.98. The minimum atomic E-state index is -0.407. The van der Waals surface area contributed by atoms with Gasteiger partial charge < -0.3 is 15.4 Å². The molecular weight excluding hydrogens is 462 g/mol. The molecule has 0 bridgehead atoms. The van der Waals surface area contributed by atoms with Crippen LogP contribution in [0.1, 0.15) is 65.5 Å². The first-order valence-electron chi connectivity index (χ1n) is 12.9. The molecule has 4 rings (SSSR count). The average molecular weight is 500 g/mol. The fraction of sp³-hybridized carbons (Fsp3) is 0.355. The van der Waals surface area contributed by atoms with Gasteiger partial charge in [-0.25, -0.2) is 4.79 Å². The highest BCUT2D eigenvalue weighted by Gasteiger charge is 2.23. The standard InChI is InChI=1S/C31H37N3O3/c1-31(2,3)24-14-12-23(13-15-24)29(35)33-25-16-17-27(30(36)37-4)28(19-25)32-26-11-8-18-34(21-26)20-22-9-6-5-7-10-22/h5-7,9-10,12-17,19,26,32H,8,11,18,20-21H2,1-4H3,(H,33,35). The molecule has 1 saturated heterocycles. The Hall–Kier alpha value is -3.64. The van der Waals surface area contributed by atoms with Crippen molar-refractivity contribution in [2.45, 2.75) is 51.6 Å². The first-order valence-corrected chi connectivity index (χ1v) is 12.9. The fourth-order valence-electron chi connectivity index (χ4n) is 4.73. The molecule has 0 aromatic heterocycles. The molecule has 6 nitrogen and oxygen atoms in total. The monoisotopic (exact) mass is 499 g/mol. The molecule has 37 heavy (non-hydrogen) atoms. The van der Waals surface area contributed by atoms with Crippen LogP contribution in [0.2, 0.25) is 0 Å². The zero-order valence-corrected chi connectivity index (χ0v) is 22.2. The number of esters is 1. The van der Waals surface area contributed by atoms with Crippen molar-refractivity contribution in [1.82, 2.24) is 4.90 Å². The third-order valence-corrected chi connectivity index (χ3v) is 6.81. The number of hydrogen-bond donors (Lipinski definition) is 2. The molecule has 0 radical (unpaired) electrons. The van der Waals surface area contributed by atoms with Gasteiger partial charge in [0.15, 0.2) is 0 Å². The number of anilines is 2. The summed E-state index contributed by atoms with van der Waals surface area (Å²) in [5, 5.41) is 6.54. The van der Waals surface area contributed by atoms with Crippen molar-refractivity contribution in [2.75, 3.05) is 30.8 Å². The highest BCUT2D eigenvalue weighted by molar-refractivity contribution is 6.05. The predicted octanol–water partition coefficient (Wildman–Crippen LogP) is 6.10. The van der Waals surface area contributed by atoms with E-state index >= 15 is 0 Å². The molecule has 1 aliphatic heterocycles. The zero-order valence-electron chi connectivity index (χ0n) is 22.2. The number of ether oxygens (including phenoxy) is 1. The smallest absolute Gasteiger partial charge is 0.339 e. The van der Waals surface area contributed by atoms with E-state index in [1.807, 2.05) is 36.4 Å². The van der Waals surface area contributed by atoms with Gasteiger partial charge in [0, 0.05) is 30.4 Å². The normalized spacial score (nSPS) is 16.2. The molecule has 1 aliphatic rings. The van der Waals surface area contributed by atoms with E-state index in [4.69, 9.17) is 4.74 Å². The van der Waals surface area contributed by atoms with Crippen LogP contribution in [-0.4, -0.2) is 43.0 Å². The van der Waals surface area contributed by atoms with Gasteiger partial charge in [0.1, 0.15) is 0 Å². The summed E-state index contributed by atoms with van der Waals surface area (Å²) in [7, 11) is 1.38. The lowest BCUT2D eigenvalue weighted by atomic mass is 9.87. The predicted molar refractivity (Wildman–Crippen MR) is 149 cm³/mol. The van der Waals surface area contributed by atoms with E-state index in [1.165, 1.54) is 18.2 Å². The number of carbonyl (C=O) groups is 2. The van der Waals surface area contributed by atoms with Crippen molar-refractivity contribution in [1.29, 1.82) is 0 Å². The van der Waals surface area contributed by atoms with Crippen molar-refractivity contribution in [3.05, 3.63) is 95.1 Å². The van der Waals surface area contributed by atoms with E-state index in [2.05, 4.69) is 60.6 Å². The molecular formula is C31H37N3O3. The van der Waals surface area contributed by atoms with E-state index < -0.39 is 5.97 Å². The van der Waals surface area contributed by atoms with Crippen molar-refractivity contribution in [3.8, 4) is 0 Å². The molecule has 3 aromatic rings. The van der Waals surface area contributed by atoms with Crippen LogP contribution in [0.15, 0.2) is 72.8 Å². The van der Waals surface area contributed by atoms with Gasteiger partial charge in [0.05, 0.1) is 18.4 Å². The number of nitrogens with one attached hydrogen (secondary N) is 2. The maximum atomic E-state index is 12.9. The number of methoxy groups -OCH3 is 1. The van der Waals surface area contributed by atoms with Gasteiger partial charge in [-0.05, 0) is 66.3 Å². The Kier molecular flexibility index (Phi) is 8.29. The minimum absolute atomic E-state index is 0.0229. The molecule has 1 atom stereocenters. The van der Waals surface area contributed by atoms with E-state index in [1.54, 1.807) is 12.1 Å². The van der Waals surface area contributed by atoms with E-state index in [0.29, 0.717) is 22.5 Å². The molecule has 6 heteroatoms. The SMILES string of the molecule is COC(=O)c1ccc(NC(=O)c2ccc(C(C)(C)C)cc2)cc1NC1CCCN(Cc2ccccc2)C1. The molecule has 1 unspecified atom stereocenters. The summed E-state index contributed by atoms with van der Waals surface area (Å²) >= 11 is 0. The third-order valence-electron chi connectivity index (χ3n) is 6.81. The molecule has 0 aliphatic carbocycles. The number of hydrogen-bond acceptors (Lipinski definition) is 5.